The van der Waals surface area contributed by atoms with Crippen LogP contribution in [0.3, 0.4) is 0 Å². The molecule has 0 fully saturated rings. The second kappa shape index (κ2) is 4.53. The van der Waals surface area contributed by atoms with Gasteiger partial charge >= 0.3 is 0 Å². The van der Waals surface area contributed by atoms with E-state index in [9.17, 15) is 4.21 Å². The van der Waals surface area contributed by atoms with Gasteiger partial charge in [-0.25, -0.2) is 4.21 Å². The lowest BCUT2D eigenvalue weighted by molar-refractivity contribution is -0.397. The molecule has 0 saturated heterocycles. The van der Waals surface area contributed by atoms with Crippen molar-refractivity contribution < 1.29 is 21.2 Å². The summed E-state index contributed by atoms with van der Waals surface area (Å²) in [4.78, 5) is 0.912. The van der Waals surface area contributed by atoms with E-state index in [1.807, 2.05) is 35.9 Å². The molecule has 1 aliphatic heterocycles. The lowest BCUT2D eigenvalue weighted by atomic mass is 10.3. The Balaban J connectivity index is 0.000000720. The first-order valence-corrected chi connectivity index (χ1v) is 4.58. The molecule has 1 aliphatic rings. The molecule has 0 aromatic heterocycles. The van der Waals surface area contributed by atoms with Gasteiger partial charge in [-0.05, 0) is 6.07 Å². The summed E-state index contributed by atoms with van der Waals surface area (Å²) in [6.45, 7) is 0. The fraction of sp³-hybridized carbons (Fsp3) is 0.222. The lowest BCUT2D eigenvalue weighted by Crippen LogP contribution is -3.00. The van der Waals surface area contributed by atoms with Gasteiger partial charge in [0.1, 0.15) is 22.7 Å². The van der Waals surface area contributed by atoms with Crippen molar-refractivity contribution in [1.29, 1.82) is 0 Å². The van der Waals surface area contributed by atoms with Crippen LogP contribution in [0.5, 0.6) is 0 Å². The fourth-order valence-corrected chi connectivity index (χ4v) is 2.32. The zero-order valence-electron chi connectivity index (χ0n) is 6.53. The van der Waals surface area contributed by atoms with E-state index in [0.717, 1.165) is 10.6 Å². The van der Waals surface area contributed by atoms with Crippen molar-refractivity contribution in [3.05, 3.63) is 24.3 Å². The zero-order chi connectivity index (χ0) is 7.84. The molecule has 1 unspecified atom stereocenters. The van der Waals surface area contributed by atoms with Crippen LogP contribution in [-0.4, -0.2) is 21.4 Å². The van der Waals surface area contributed by atoms with E-state index >= 15 is 0 Å². The number of rotatable bonds is 0. The molecule has 0 N–H and O–H groups in total. The maximum Gasteiger partial charge on any atom is 0.239 e. The maximum absolute atomic E-state index is 11.3. The van der Waals surface area contributed by atoms with Crippen molar-refractivity contribution in [3.63, 3.8) is 0 Å². The molecule has 0 bridgehead atoms. The maximum atomic E-state index is 11.3. The molecule has 1 aromatic carbocycles. The highest BCUT2D eigenvalue weighted by atomic mass is 35.5. The molecular formula is C9H12ClNOS. The first-order valence-electron chi connectivity index (χ1n) is 3.36. The lowest BCUT2D eigenvalue weighted by Gasteiger charge is -1.89. The third-order valence-electron chi connectivity index (χ3n) is 1.72. The van der Waals surface area contributed by atoms with E-state index in [0.29, 0.717) is 0 Å². The standard InChI is InChI=1S/C8H8NOS.CH4.ClH/c1-9-6-11(10)8-5-3-2-4-7(8)9;;/h2-6H,1H3;1H4;1H/q+1;;/p-1. The molecule has 2 nitrogen and oxygen atoms in total. The normalized spacial score (nSPS) is 17.9. The largest absolute Gasteiger partial charge is 1.00 e. The summed E-state index contributed by atoms with van der Waals surface area (Å²) in [5.74, 6) is 0. The molecule has 72 valence electrons. The van der Waals surface area contributed by atoms with Crippen molar-refractivity contribution in [1.82, 2.24) is 0 Å². The topological polar surface area (TPSA) is 20.1 Å². The quantitative estimate of drug-likeness (QED) is 0.498. The molecule has 0 spiro atoms. The van der Waals surface area contributed by atoms with E-state index in [4.69, 9.17) is 0 Å². The Bertz CT molecular complexity index is 362. The molecule has 4 heteroatoms. The third kappa shape index (κ3) is 1.98. The van der Waals surface area contributed by atoms with Crippen LogP contribution < -0.4 is 12.4 Å². The molecule has 0 saturated carbocycles. The van der Waals surface area contributed by atoms with Crippen LogP contribution in [0.25, 0.3) is 0 Å². The van der Waals surface area contributed by atoms with Gasteiger partial charge < -0.3 is 12.4 Å². The Morgan fingerprint density at radius 3 is 2.54 bits per heavy atom. The highest BCUT2D eigenvalue weighted by molar-refractivity contribution is 7.98. The summed E-state index contributed by atoms with van der Waals surface area (Å²) in [7, 11) is 0.980. The number of benzene rings is 1. The van der Waals surface area contributed by atoms with Gasteiger partial charge in [0.15, 0.2) is 0 Å². The molecule has 13 heavy (non-hydrogen) atoms. The van der Waals surface area contributed by atoms with Crippen LogP contribution >= 0.6 is 0 Å². The van der Waals surface area contributed by atoms with Gasteiger partial charge in [-0.3, -0.25) is 0 Å². The molecule has 0 aliphatic carbocycles. The van der Waals surface area contributed by atoms with Gasteiger partial charge in [0.25, 0.3) is 0 Å². The Kier molecular flexibility index (Phi) is 4.30. The van der Waals surface area contributed by atoms with Crippen LogP contribution in [0.15, 0.2) is 29.2 Å². The van der Waals surface area contributed by atoms with Crippen LogP contribution in [-0.2, 0) is 10.8 Å². The number of fused-ring (bicyclic) bond motifs is 1. The van der Waals surface area contributed by atoms with E-state index in [2.05, 4.69) is 0 Å². The summed E-state index contributed by atoms with van der Waals surface area (Å²) in [6.07, 6.45) is 0. The van der Waals surface area contributed by atoms with Crippen molar-refractivity contribution in [2.45, 2.75) is 12.3 Å². The second-order valence-electron chi connectivity index (χ2n) is 2.48. The van der Waals surface area contributed by atoms with E-state index in [1.54, 1.807) is 5.55 Å². The average Bonchev–Trinajstić information content (AvgIpc) is 2.30. The highest BCUT2D eigenvalue weighted by Crippen LogP contribution is 2.24. The van der Waals surface area contributed by atoms with Crippen LogP contribution in [0.1, 0.15) is 7.43 Å². The van der Waals surface area contributed by atoms with Gasteiger partial charge in [-0.15, -0.1) is 0 Å². The summed E-state index contributed by atoms with van der Waals surface area (Å²) in [5, 5.41) is 0. The van der Waals surface area contributed by atoms with Crippen LogP contribution in [0, 0.1) is 0 Å². The highest BCUT2D eigenvalue weighted by Gasteiger charge is 2.23. The predicted molar refractivity (Wildman–Crippen MR) is 51.5 cm³/mol. The summed E-state index contributed by atoms with van der Waals surface area (Å²) < 4.78 is 13.2. The van der Waals surface area contributed by atoms with Crippen molar-refractivity contribution >= 4 is 22.0 Å². The Labute approximate surface area is 87.2 Å². The van der Waals surface area contributed by atoms with Crippen molar-refractivity contribution in [2.24, 2.45) is 0 Å². The van der Waals surface area contributed by atoms with Gasteiger partial charge in [0.05, 0.1) is 0 Å². The average molecular weight is 218 g/mol. The van der Waals surface area contributed by atoms with E-state index in [-0.39, 0.29) is 19.8 Å². The van der Waals surface area contributed by atoms with E-state index < -0.39 is 10.8 Å². The van der Waals surface area contributed by atoms with Crippen LogP contribution in [0.2, 0.25) is 0 Å². The minimum Gasteiger partial charge on any atom is -1.00 e. The number of nitrogens with zero attached hydrogens (tertiary/aromatic N) is 1. The first-order chi connectivity index (χ1) is 5.29. The summed E-state index contributed by atoms with van der Waals surface area (Å²) in [6, 6.07) is 7.72. The van der Waals surface area contributed by atoms with E-state index in [1.165, 1.54) is 0 Å². The SMILES string of the molecule is C.C[N+]1=CS(=O)c2ccccc21.[Cl-]. The summed E-state index contributed by atoms with van der Waals surface area (Å²) in [5.41, 5.74) is 2.76. The molecule has 2 rings (SSSR count). The Morgan fingerprint density at radius 1 is 1.31 bits per heavy atom. The molecular weight excluding hydrogens is 206 g/mol. The van der Waals surface area contributed by atoms with Gasteiger partial charge in [-0.2, -0.15) is 4.58 Å². The van der Waals surface area contributed by atoms with Gasteiger partial charge in [-0.1, -0.05) is 19.6 Å². The zero-order valence-corrected chi connectivity index (χ0v) is 8.10. The summed E-state index contributed by atoms with van der Waals surface area (Å²) >= 11 is 0. The first kappa shape index (κ1) is 12.3. The molecule has 0 amide bonds. The minimum atomic E-state index is -0.927. The number of para-hydroxylation sites is 1. The molecule has 1 atom stereocenters. The fourth-order valence-electron chi connectivity index (χ4n) is 1.18. The molecule has 0 radical (unpaired) electrons. The molecule has 1 heterocycles. The van der Waals surface area contributed by atoms with Gasteiger partial charge in [0, 0.05) is 6.07 Å². The minimum absolute atomic E-state index is 0. The Morgan fingerprint density at radius 2 is 1.92 bits per heavy atom. The van der Waals surface area contributed by atoms with Crippen molar-refractivity contribution in [2.75, 3.05) is 7.05 Å². The van der Waals surface area contributed by atoms with Gasteiger partial charge in [0.2, 0.25) is 11.2 Å². The predicted octanol–water partition coefficient (Wildman–Crippen LogP) is -1.25. The monoisotopic (exact) mass is 217 g/mol. The second-order valence-corrected chi connectivity index (χ2v) is 3.73. The number of hydrogen-bond donors (Lipinski definition) is 0. The Hall–Kier alpha value is -0.670. The number of hydrogen-bond acceptors (Lipinski definition) is 1. The third-order valence-corrected chi connectivity index (χ3v) is 3.00. The smallest absolute Gasteiger partial charge is 0.239 e. The van der Waals surface area contributed by atoms with Crippen molar-refractivity contribution in [3.8, 4) is 0 Å². The molecule has 1 aromatic rings. The van der Waals surface area contributed by atoms with Crippen LogP contribution in [0.4, 0.5) is 5.69 Å². The number of halogens is 1.